The van der Waals surface area contributed by atoms with E-state index in [0.29, 0.717) is 6.42 Å². The zero-order valence-electron chi connectivity index (χ0n) is 11.3. The molecule has 1 fully saturated rings. The molecule has 2 N–H and O–H groups in total. The number of carboxylic acid groups (broad SMARTS) is 1. The first-order chi connectivity index (χ1) is 10.1. The molecule has 0 aliphatic carbocycles. The Morgan fingerprint density at radius 1 is 1.52 bits per heavy atom. The lowest BCUT2D eigenvalue weighted by molar-refractivity contribution is -0.142. The molecule has 6 heteroatoms. The summed E-state index contributed by atoms with van der Waals surface area (Å²) in [5.41, 5.74) is 2.22. The first-order valence-electron chi connectivity index (χ1n) is 6.96. The molecule has 1 atom stereocenters. The minimum Gasteiger partial charge on any atom is -0.477 e. The Bertz CT molecular complexity index is 693. The van der Waals surface area contributed by atoms with Crippen molar-refractivity contribution in [1.29, 1.82) is 0 Å². The summed E-state index contributed by atoms with van der Waals surface area (Å²) < 4.78 is 0. The van der Waals surface area contributed by atoms with Crippen molar-refractivity contribution in [3.8, 4) is 0 Å². The summed E-state index contributed by atoms with van der Waals surface area (Å²) in [6.07, 6.45) is 5.20. The summed E-state index contributed by atoms with van der Waals surface area (Å²) in [4.78, 5) is 27.0. The van der Waals surface area contributed by atoms with Gasteiger partial charge in [-0.1, -0.05) is 6.08 Å². The van der Waals surface area contributed by atoms with Gasteiger partial charge in [-0.2, -0.15) is 0 Å². The van der Waals surface area contributed by atoms with Crippen LogP contribution in [-0.4, -0.2) is 34.5 Å². The smallest absolute Gasteiger partial charge is 0.352 e. The number of carbonyl (C=O) groups is 2. The van der Waals surface area contributed by atoms with Crippen LogP contribution in [0.15, 0.2) is 23.4 Å². The molecular weight excluding hydrogens is 288 g/mol. The molecule has 1 aromatic heterocycles. The van der Waals surface area contributed by atoms with Gasteiger partial charge in [0.2, 0.25) is 0 Å². The van der Waals surface area contributed by atoms with Crippen molar-refractivity contribution in [2.24, 2.45) is 0 Å². The number of thiophene rings is 1. The number of rotatable bonds is 2. The molecule has 3 aliphatic heterocycles. The van der Waals surface area contributed by atoms with E-state index >= 15 is 0 Å². The van der Waals surface area contributed by atoms with Crippen molar-refractivity contribution < 1.29 is 14.7 Å². The van der Waals surface area contributed by atoms with E-state index in [1.54, 1.807) is 17.4 Å². The van der Waals surface area contributed by atoms with Gasteiger partial charge in [0.25, 0.3) is 5.91 Å². The molecule has 1 aromatic rings. The number of amides is 1. The van der Waals surface area contributed by atoms with Crippen molar-refractivity contribution in [2.45, 2.75) is 25.4 Å². The Kier molecular flexibility index (Phi) is 2.77. The van der Waals surface area contributed by atoms with E-state index < -0.39 is 5.97 Å². The second-order valence-electron chi connectivity index (χ2n) is 5.44. The topological polar surface area (TPSA) is 69.6 Å². The second-order valence-corrected chi connectivity index (χ2v) is 6.61. The minimum atomic E-state index is -1.03. The van der Waals surface area contributed by atoms with Crippen molar-refractivity contribution in [1.82, 2.24) is 10.2 Å². The quantitative estimate of drug-likeness (QED) is 0.639. The van der Waals surface area contributed by atoms with E-state index in [2.05, 4.69) is 11.4 Å². The highest BCUT2D eigenvalue weighted by molar-refractivity contribution is 7.13. The van der Waals surface area contributed by atoms with Crippen molar-refractivity contribution >= 4 is 29.3 Å². The van der Waals surface area contributed by atoms with Crippen LogP contribution in [0.4, 0.5) is 0 Å². The summed E-state index contributed by atoms with van der Waals surface area (Å²) in [5, 5.41) is 12.4. The highest BCUT2D eigenvalue weighted by Gasteiger charge is 2.48. The van der Waals surface area contributed by atoms with Crippen LogP contribution in [0.2, 0.25) is 0 Å². The number of carbonyl (C=O) groups excluding carboxylic acids is 1. The maximum atomic E-state index is 12.2. The zero-order valence-corrected chi connectivity index (χ0v) is 12.1. The molecule has 0 bridgehead atoms. The molecule has 0 saturated carbocycles. The van der Waals surface area contributed by atoms with Crippen LogP contribution in [-0.2, 0) is 22.6 Å². The number of hydrogen-bond acceptors (Lipinski definition) is 4. The molecule has 1 saturated heterocycles. The van der Waals surface area contributed by atoms with Gasteiger partial charge in [0.05, 0.1) is 6.04 Å². The highest BCUT2D eigenvalue weighted by Crippen LogP contribution is 2.40. The monoisotopic (exact) mass is 302 g/mol. The van der Waals surface area contributed by atoms with Gasteiger partial charge in [-0.25, -0.2) is 4.79 Å². The Morgan fingerprint density at radius 2 is 2.38 bits per heavy atom. The number of fused-ring (bicyclic) bond motifs is 2. The molecular formula is C15H14N2O3S. The molecule has 21 heavy (non-hydrogen) atoms. The van der Waals surface area contributed by atoms with E-state index in [1.165, 1.54) is 15.3 Å². The average Bonchev–Trinajstić information content (AvgIpc) is 3.05. The van der Waals surface area contributed by atoms with Gasteiger partial charge in [0.15, 0.2) is 0 Å². The molecule has 3 aliphatic rings. The van der Waals surface area contributed by atoms with Crippen molar-refractivity contribution in [3.63, 3.8) is 0 Å². The molecule has 1 amide bonds. The largest absolute Gasteiger partial charge is 0.477 e. The third-order valence-electron chi connectivity index (χ3n) is 4.22. The summed E-state index contributed by atoms with van der Waals surface area (Å²) in [7, 11) is 0. The lowest BCUT2D eigenvalue weighted by atomic mass is 9.94. The van der Waals surface area contributed by atoms with Crippen LogP contribution < -0.4 is 5.32 Å². The molecule has 4 heterocycles. The van der Waals surface area contributed by atoms with Crippen LogP contribution >= 0.6 is 11.3 Å². The number of nitrogens with zero attached hydrogens (tertiary/aromatic N) is 1. The fourth-order valence-electron chi connectivity index (χ4n) is 3.18. The van der Waals surface area contributed by atoms with Crippen LogP contribution in [0.5, 0.6) is 0 Å². The summed E-state index contributed by atoms with van der Waals surface area (Å²) in [5.74, 6) is -1.20. The first-order valence-corrected chi connectivity index (χ1v) is 7.77. The van der Waals surface area contributed by atoms with Gasteiger partial charge < -0.3 is 10.4 Å². The third kappa shape index (κ3) is 1.86. The molecule has 108 valence electrons. The summed E-state index contributed by atoms with van der Waals surface area (Å²) in [6.45, 7) is 1.90. The number of carboxylic acids is 1. The van der Waals surface area contributed by atoms with Crippen LogP contribution in [0.3, 0.4) is 0 Å². The Balaban J connectivity index is 1.60. The van der Waals surface area contributed by atoms with Crippen molar-refractivity contribution in [2.75, 3.05) is 6.54 Å². The minimum absolute atomic E-state index is 0.0825. The van der Waals surface area contributed by atoms with E-state index in [-0.39, 0.29) is 17.6 Å². The van der Waals surface area contributed by atoms with Gasteiger partial charge in [-0.05, 0) is 37.1 Å². The zero-order chi connectivity index (χ0) is 14.6. The molecule has 4 rings (SSSR count). The predicted molar refractivity (Wildman–Crippen MR) is 78.7 cm³/mol. The maximum Gasteiger partial charge on any atom is 0.352 e. The van der Waals surface area contributed by atoms with Gasteiger partial charge in [-0.3, -0.25) is 9.69 Å². The number of nitrogens with one attached hydrogen (secondary N) is 1. The average molecular weight is 302 g/mol. The standard InChI is InChI=1S/C15H14N2O3S/c18-14-10(11-1-2-12(15(19)20)17(11)14)6-9-5-8-3-4-16-7-13(8)21-9/h2,5-6,11,16H,1,3-4,7H2,(H,19,20)/b10-6+. The van der Waals surface area contributed by atoms with E-state index in [4.69, 9.17) is 5.11 Å². The van der Waals surface area contributed by atoms with Gasteiger partial charge in [-0.15, -0.1) is 11.3 Å². The van der Waals surface area contributed by atoms with E-state index in [9.17, 15) is 9.59 Å². The second kappa shape index (κ2) is 4.54. The Labute approximate surface area is 125 Å². The van der Waals surface area contributed by atoms with Gasteiger partial charge in [0.1, 0.15) is 5.70 Å². The molecule has 0 aromatic carbocycles. The van der Waals surface area contributed by atoms with Crippen LogP contribution in [0.1, 0.15) is 21.7 Å². The maximum absolute atomic E-state index is 12.2. The molecule has 0 radical (unpaired) electrons. The number of β-lactam (4-membered cyclic amide) rings is 1. The van der Waals surface area contributed by atoms with Crippen LogP contribution in [0.25, 0.3) is 6.08 Å². The lowest BCUT2D eigenvalue weighted by Gasteiger charge is -2.38. The van der Waals surface area contributed by atoms with E-state index in [1.807, 2.05) is 6.08 Å². The predicted octanol–water partition coefficient (Wildman–Crippen LogP) is 1.36. The number of hydrogen-bond donors (Lipinski definition) is 2. The third-order valence-corrected chi connectivity index (χ3v) is 5.34. The molecule has 1 unspecified atom stereocenters. The fraction of sp³-hybridized carbons (Fsp3) is 0.333. The lowest BCUT2D eigenvalue weighted by Crippen LogP contribution is -2.52. The Hall–Kier alpha value is -1.92. The fourth-order valence-corrected chi connectivity index (χ4v) is 4.31. The molecule has 5 nitrogen and oxygen atoms in total. The van der Waals surface area contributed by atoms with Crippen molar-refractivity contribution in [3.05, 3.63) is 38.7 Å². The van der Waals surface area contributed by atoms with Crippen LogP contribution in [0, 0.1) is 0 Å². The normalized spacial score (nSPS) is 25.4. The molecule has 0 spiro atoms. The first kappa shape index (κ1) is 12.8. The van der Waals surface area contributed by atoms with Gasteiger partial charge >= 0.3 is 5.97 Å². The van der Waals surface area contributed by atoms with Gasteiger partial charge in [0, 0.05) is 21.9 Å². The number of aliphatic carboxylic acids is 1. The van der Waals surface area contributed by atoms with E-state index in [0.717, 1.165) is 30.0 Å². The Morgan fingerprint density at radius 3 is 3.14 bits per heavy atom. The summed E-state index contributed by atoms with van der Waals surface area (Å²) in [6, 6.07) is 2.07. The summed E-state index contributed by atoms with van der Waals surface area (Å²) >= 11 is 1.71. The SMILES string of the molecule is O=C(O)C1=CCC2/C(=C\c3cc4c(s3)CNCC4)C(=O)N12. The highest BCUT2D eigenvalue weighted by atomic mass is 32.1.